The molecule has 0 atom stereocenters. The van der Waals surface area contributed by atoms with E-state index in [9.17, 15) is 0 Å². The van der Waals surface area contributed by atoms with E-state index < -0.39 is 0 Å². The lowest BCUT2D eigenvalue weighted by Crippen LogP contribution is -2.27. The molecule has 1 saturated heterocycles. The van der Waals surface area contributed by atoms with Crippen molar-refractivity contribution in [2.24, 2.45) is 5.41 Å². The van der Waals surface area contributed by atoms with Gasteiger partial charge in [0.05, 0.1) is 0 Å². The minimum absolute atomic E-state index is 0.482. The van der Waals surface area contributed by atoms with Crippen LogP contribution in [0.25, 0.3) is 0 Å². The Morgan fingerprint density at radius 1 is 1.41 bits per heavy atom. The van der Waals surface area contributed by atoms with Crippen molar-refractivity contribution in [2.45, 2.75) is 20.3 Å². The Kier molecular flexibility index (Phi) is 4.10. The van der Waals surface area contributed by atoms with Crippen LogP contribution in [-0.2, 0) is 0 Å². The Morgan fingerprint density at radius 2 is 2.24 bits per heavy atom. The summed E-state index contributed by atoms with van der Waals surface area (Å²) < 4.78 is 6.81. The molecule has 0 spiro atoms. The third-order valence-corrected chi connectivity index (χ3v) is 3.72. The first-order chi connectivity index (χ1) is 8.05. The molecule has 2 rings (SSSR count). The smallest absolute Gasteiger partial charge is 0.120 e. The second-order valence-electron chi connectivity index (χ2n) is 5.50. The molecule has 0 bridgehead atoms. The highest BCUT2D eigenvalue weighted by Crippen LogP contribution is 2.28. The lowest BCUT2D eigenvalue weighted by atomic mass is 9.93. The molecule has 1 aromatic rings. The molecule has 0 amide bonds. The van der Waals surface area contributed by atoms with Crippen LogP contribution in [0.4, 0.5) is 0 Å². The molecule has 2 nitrogen and oxygen atoms in total. The first kappa shape index (κ1) is 12.9. The van der Waals surface area contributed by atoms with Gasteiger partial charge in [0.1, 0.15) is 12.4 Å². The normalized spacial score (nSPS) is 19.5. The van der Waals surface area contributed by atoms with E-state index in [1.54, 1.807) is 0 Å². The second kappa shape index (κ2) is 5.40. The summed E-state index contributed by atoms with van der Waals surface area (Å²) >= 11 is 3.44. The molecule has 0 unspecified atom stereocenters. The van der Waals surface area contributed by atoms with Crippen molar-refractivity contribution >= 4 is 15.9 Å². The minimum Gasteiger partial charge on any atom is -0.492 e. The number of ether oxygens (including phenoxy) is 1. The van der Waals surface area contributed by atoms with Gasteiger partial charge in [-0.3, -0.25) is 4.90 Å². The van der Waals surface area contributed by atoms with Crippen molar-refractivity contribution < 1.29 is 4.74 Å². The molecular formula is C14H20BrNO. The quantitative estimate of drug-likeness (QED) is 0.842. The van der Waals surface area contributed by atoms with Crippen molar-refractivity contribution in [1.82, 2.24) is 4.90 Å². The first-order valence-electron chi connectivity index (χ1n) is 6.16. The number of likely N-dealkylation sites (tertiary alicyclic amines) is 1. The average Bonchev–Trinajstić information content (AvgIpc) is 2.58. The topological polar surface area (TPSA) is 12.5 Å². The van der Waals surface area contributed by atoms with Crippen molar-refractivity contribution in [3.63, 3.8) is 0 Å². The molecule has 0 N–H and O–H groups in total. The van der Waals surface area contributed by atoms with E-state index in [-0.39, 0.29) is 0 Å². The summed E-state index contributed by atoms with van der Waals surface area (Å²) in [6.07, 6.45) is 1.30. The maximum absolute atomic E-state index is 5.75. The van der Waals surface area contributed by atoms with Gasteiger partial charge in [0.2, 0.25) is 0 Å². The van der Waals surface area contributed by atoms with E-state index in [0.29, 0.717) is 5.41 Å². The van der Waals surface area contributed by atoms with Gasteiger partial charge in [0, 0.05) is 17.6 Å². The Morgan fingerprint density at radius 3 is 2.88 bits per heavy atom. The van der Waals surface area contributed by atoms with Gasteiger partial charge in [0.25, 0.3) is 0 Å². The first-order valence-corrected chi connectivity index (χ1v) is 6.95. The fraction of sp³-hybridized carbons (Fsp3) is 0.571. The highest BCUT2D eigenvalue weighted by Gasteiger charge is 2.28. The van der Waals surface area contributed by atoms with Crippen molar-refractivity contribution in [3.05, 3.63) is 28.7 Å². The number of nitrogens with zero attached hydrogens (tertiary/aromatic N) is 1. The molecule has 0 aromatic heterocycles. The van der Waals surface area contributed by atoms with Crippen LogP contribution in [0.2, 0.25) is 0 Å². The van der Waals surface area contributed by atoms with Gasteiger partial charge >= 0.3 is 0 Å². The zero-order valence-corrected chi connectivity index (χ0v) is 12.2. The molecule has 1 aliphatic rings. The summed E-state index contributed by atoms with van der Waals surface area (Å²) in [5.41, 5.74) is 0.482. The van der Waals surface area contributed by atoms with Gasteiger partial charge in [0.15, 0.2) is 0 Å². The standard InChI is InChI=1S/C14H20BrNO/c1-14(2)6-7-16(11-14)8-9-17-13-5-3-4-12(15)10-13/h3-5,10H,6-9,11H2,1-2H3. The summed E-state index contributed by atoms with van der Waals surface area (Å²) in [4.78, 5) is 2.48. The lowest BCUT2D eigenvalue weighted by molar-refractivity contribution is 0.222. The zero-order valence-electron chi connectivity index (χ0n) is 10.6. The van der Waals surface area contributed by atoms with Crippen molar-refractivity contribution in [3.8, 4) is 5.75 Å². The van der Waals surface area contributed by atoms with Gasteiger partial charge in [-0.05, 0) is 36.6 Å². The van der Waals surface area contributed by atoms with Crippen LogP contribution in [0.1, 0.15) is 20.3 Å². The van der Waals surface area contributed by atoms with Crippen LogP contribution in [0.3, 0.4) is 0 Å². The molecule has 1 fully saturated rings. The predicted octanol–water partition coefficient (Wildman–Crippen LogP) is 3.56. The van der Waals surface area contributed by atoms with E-state index >= 15 is 0 Å². The number of rotatable bonds is 4. The van der Waals surface area contributed by atoms with Gasteiger partial charge in [-0.25, -0.2) is 0 Å². The van der Waals surface area contributed by atoms with E-state index in [4.69, 9.17) is 4.74 Å². The minimum atomic E-state index is 0.482. The summed E-state index contributed by atoms with van der Waals surface area (Å²) in [5, 5.41) is 0. The average molecular weight is 298 g/mol. The molecule has 0 radical (unpaired) electrons. The molecule has 1 aromatic carbocycles. The van der Waals surface area contributed by atoms with Gasteiger partial charge < -0.3 is 4.74 Å². The third-order valence-electron chi connectivity index (χ3n) is 3.23. The highest BCUT2D eigenvalue weighted by atomic mass is 79.9. The summed E-state index contributed by atoms with van der Waals surface area (Å²) in [6, 6.07) is 8.01. The van der Waals surface area contributed by atoms with Crippen LogP contribution in [0.5, 0.6) is 5.75 Å². The Bertz CT molecular complexity index is 378. The Balaban J connectivity index is 1.73. The van der Waals surface area contributed by atoms with Gasteiger partial charge in [-0.2, -0.15) is 0 Å². The summed E-state index contributed by atoms with van der Waals surface area (Å²) in [6.45, 7) is 8.86. The van der Waals surface area contributed by atoms with E-state index in [2.05, 4.69) is 34.7 Å². The maximum atomic E-state index is 5.75. The predicted molar refractivity (Wildman–Crippen MR) is 74.5 cm³/mol. The largest absolute Gasteiger partial charge is 0.492 e. The Labute approximate surface area is 112 Å². The van der Waals surface area contributed by atoms with Crippen LogP contribution in [0, 0.1) is 5.41 Å². The van der Waals surface area contributed by atoms with Crippen LogP contribution in [0.15, 0.2) is 28.7 Å². The maximum Gasteiger partial charge on any atom is 0.120 e. The lowest BCUT2D eigenvalue weighted by Gasteiger charge is -2.19. The molecule has 17 heavy (non-hydrogen) atoms. The highest BCUT2D eigenvalue weighted by molar-refractivity contribution is 9.10. The van der Waals surface area contributed by atoms with Crippen LogP contribution < -0.4 is 4.74 Å². The summed E-state index contributed by atoms with van der Waals surface area (Å²) in [5.74, 6) is 0.942. The molecular weight excluding hydrogens is 278 g/mol. The fourth-order valence-corrected chi connectivity index (χ4v) is 2.64. The number of hydrogen-bond acceptors (Lipinski definition) is 2. The molecule has 1 aliphatic heterocycles. The molecule has 0 saturated carbocycles. The van der Waals surface area contributed by atoms with Crippen LogP contribution in [-0.4, -0.2) is 31.1 Å². The van der Waals surface area contributed by atoms with E-state index in [1.807, 2.05) is 24.3 Å². The number of halogens is 1. The molecule has 3 heteroatoms. The summed E-state index contributed by atoms with van der Waals surface area (Å²) in [7, 11) is 0. The monoisotopic (exact) mass is 297 g/mol. The van der Waals surface area contributed by atoms with Gasteiger partial charge in [-0.1, -0.05) is 35.8 Å². The van der Waals surface area contributed by atoms with E-state index in [0.717, 1.165) is 23.4 Å². The second-order valence-corrected chi connectivity index (χ2v) is 6.41. The van der Waals surface area contributed by atoms with Crippen LogP contribution >= 0.6 is 15.9 Å². The molecule has 94 valence electrons. The fourth-order valence-electron chi connectivity index (χ4n) is 2.26. The van der Waals surface area contributed by atoms with Crippen molar-refractivity contribution in [1.29, 1.82) is 0 Å². The zero-order chi connectivity index (χ0) is 12.3. The Hall–Kier alpha value is -0.540. The number of hydrogen-bond donors (Lipinski definition) is 0. The number of benzene rings is 1. The van der Waals surface area contributed by atoms with Crippen molar-refractivity contribution in [2.75, 3.05) is 26.2 Å². The molecule has 0 aliphatic carbocycles. The third kappa shape index (κ3) is 4.00. The van der Waals surface area contributed by atoms with Gasteiger partial charge in [-0.15, -0.1) is 0 Å². The SMILES string of the molecule is CC1(C)CCN(CCOc2cccc(Br)c2)C1. The molecule has 1 heterocycles. The van der Waals surface area contributed by atoms with E-state index in [1.165, 1.54) is 19.5 Å².